The number of carbonyl (C=O) groups is 1. The standard InChI is InChI=1S/C18H29N3O3S/c1-4-15-9-5-6-12-21(15)18(22)16-13-17(14(2)19(16)3)25(23,24)20-10-7-8-11-20/h13,15H,4-12H2,1-3H3. The molecule has 140 valence electrons. The number of carbonyl (C=O) groups excluding carboxylic acids is 1. The summed E-state index contributed by atoms with van der Waals surface area (Å²) in [4.78, 5) is 15.3. The van der Waals surface area contributed by atoms with Gasteiger partial charge in [-0.2, -0.15) is 4.31 Å². The smallest absolute Gasteiger partial charge is 0.270 e. The Bertz CT molecular complexity index is 748. The number of nitrogens with zero attached hydrogens (tertiary/aromatic N) is 3. The molecule has 25 heavy (non-hydrogen) atoms. The van der Waals surface area contributed by atoms with E-state index in [1.54, 1.807) is 28.9 Å². The molecule has 2 aliphatic rings. The Morgan fingerprint density at radius 2 is 1.80 bits per heavy atom. The fraction of sp³-hybridized carbons (Fsp3) is 0.722. The lowest BCUT2D eigenvalue weighted by Gasteiger charge is -2.35. The Labute approximate surface area is 150 Å². The van der Waals surface area contributed by atoms with E-state index in [4.69, 9.17) is 0 Å². The first-order valence-corrected chi connectivity index (χ1v) is 10.8. The van der Waals surface area contributed by atoms with Crippen molar-refractivity contribution in [1.29, 1.82) is 0 Å². The average molecular weight is 368 g/mol. The molecule has 1 atom stereocenters. The van der Waals surface area contributed by atoms with Gasteiger partial charge in [0.05, 0.1) is 0 Å². The van der Waals surface area contributed by atoms with Gasteiger partial charge in [-0.05, 0) is 51.5 Å². The van der Waals surface area contributed by atoms with Crippen LogP contribution in [0.3, 0.4) is 0 Å². The Morgan fingerprint density at radius 1 is 1.16 bits per heavy atom. The van der Waals surface area contributed by atoms with Crippen LogP contribution < -0.4 is 0 Å². The number of hydrogen-bond donors (Lipinski definition) is 0. The van der Waals surface area contributed by atoms with Crippen LogP contribution >= 0.6 is 0 Å². The molecule has 0 N–H and O–H groups in total. The fourth-order valence-electron chi connectivity index (χ4n) is 4.04. The maximum absolute atomic E-state index is 13.1. The van der Waals surface area contributed by atoms with Gasteiger partial charge in [0.25, 0.3) is 5.91 Å². The largest absolute Gasteiger partial charge is 0.343 e. The van der Waals surface area contributed by atoms with Crippen LogP contribution in [0.4, 0.5) is 0 Å². The van der Waals surface area contributed by atoms with E-state index in [0.717, 1.165) is 45.1 Å². The summed E-state index contributed by atoms with van der Waals surface area (Å²) >= 11 is 0. The van der Waals surface area contributed by atoms with E-state index < -0.39 is 10.0 Å². The lowest BCUT2D eigenvalue weighted by atomic mass is 9.99. The molecule has 0 saturated carbocycles. The van der Waals surface area contributed by atoms with Crippen LogP contribution in [0.5, 0.6) is 0 Å². The van der Waals surface area contributed by atoms with E-state index in [-0.39, 0.29) is 16.8 Å². The summed E-state index contributed by atoms with van der Waals surface area (Å²) < 4.78 is 29.1. The zero-order valence-electron chi connectivity index (χ0n) is 15.5. The highest BCUT2D eigenvalue weighted by molar-refractivity contribution is 7.89. The molecule has 3 rings (SSSR count). The number of aromatic nitrogens is 1. The molecule has 0 spiro atoms. The normalized spacial score (nSPS) is 22.5. The second-order valence-electron chi connectivity index (χ2n) is 7.21. The molecule has 2 aliphatic heterocycles. The molecular weight excluding hydrogens is 338 g/mol. The predicted octanol–water partition coefficient (Wildman–Crippen LogP) is 2.52. The molecule has 0 aromatic carbocycles. The minimum Gasteiger partial charge on any atom is -0.343 e. The first-order chi connectivity index (χ1) is 11.9. The maximum atomic E-state index is 13.1. The Kier molecular flexibility index (Phi) is 5.25. The van der Waals surface area contributed by atoms with E-state index in [1.807, 2.05) is 4.90 Å². The second kappa shape index (κ2) is 7.11. The van der Waals surface area contributed by atoms with Crippen LogP contribution in [0.15, 0.2) is 11.0 Å². The zero-order chi connectivity index (χ0) is 18.2. The molecule has 0 radical (unpaired) electrons. The highest BCUT2D eigenvalue weighted by atomic mass is 32.2. The molecule has 1 amide bonds. The number of hydrogen-bond acceptors (Lipinski definition) is 3. The van der Waals surface area contributed by atoms with Crippen molar-refractivity contribution in [2.45, 2.75) is 63.3 Å². The van der Waals surface area contributed by atoms with Gasteiger partial charge >= 0.3 is 0 Å². The summed E-state index contributed by atoms with van der Waals surface area (Å²) in [6, 6.07) is 1.85. The van der Waals surface area contributed by atoms with E-state index in [1.165, 1.54) is 0 Å². The number of sulfonamides is 1. The minimum absolute atomic E-state index is 0.0416. The quantitative estimate of drug-likeness (QED) is 0.821. The van der Waals surface area contributed by atoms with Crippen LogP contribution in [-0.4, -0.2) is 53.8 Å². The third-order valence-corrected chi connectivity index (χ3v) is 7.76. The molecule has 1 unspecified atom stereocenters. The van der Waals surface area contributed by atoms with Gasteiger partial charge in [-0.15, -0.1) is 0 Å². The summed E-state index contributed by atoms with van der Waals surface area (Å²) in [5.41, 5.74) is 1.12. The van der Waals surface area contributed by atoms with Crippen LogP contribution in [0.25, 0.3) is 0 Å². The first kappa shape index (κ1) is 18.5. The summed E-state index contributed by atoms with van der Waals surface area (Å²) in [5.74, 6) is -0.0416. The van der Waals surface area contributed by atoms with Crippen molar-refractivity contribution >= 4 is 15.9 Å². The van der Waals surface area contributed by atoms with Crippen molar-refractivity contribution in [1.82, 2.24) is 13.8 Å². The number of amides is 1. The molecule has 3 heterocycles. The molecule has 6 nitrogen and oxygen atoms in total. The van der Waals surface area contributed by atoms with E-state index in [2.05, 4.69) is 6.92 Å². The van der Waals surface area contributed by atoms with Gasteiger partial charge in [-0.1, -0.05) is 6.92 Å². The number of rotatable bonds is 4. The van der Waals surface area contributed by atoms with Gasteiger partial charge < -0.3 is 9.47 Å². The highest BCUT2D eigenvalue weighted by Gasteiger charge is 2.34. The molecule has 1 aromatic rings. The van der Waals surface area contributed by atoms with Gasteiger partial charge in [0.1, 0.15) is 10.6 Å². The van der Waals surface area contributed by atoms with Crippen LogP contribution in [0.2, 0.25) is 0 Å². The van der Waals surface area contributed by atoms with Gasteiger partial charge in [-0.25, -0.2) is 8.42 Å². The SMILES string of the molecule is CCC1CCCCN1C(=O)c1cc(S(=O)(=O)N2CCCC2)c(C)n1C. The summed E-state index contributed by atoms with van der Waals surface area (Å²) in [6.07, 6.45) is 5.96. The zero-order valence-corrected chi connectivity index (χ0v) is 16.3. The van der Waals surface area contributed by atoms with Gasteiger partial charge in [0, 0.05) is 38.4 Å². The van der Waals surface area contributed by atoms with Crippen LogP contribution in [0, 0.1) is 6.92 Å². The molecule has 2 fully saturated rings. The van der Waals surface area contributed by atoms with Gasteiger partial charge in [-0.3, -0.25) is 4.79 Å². The second-order valence-corrected chi connectivity index (χ2v) is 9.11. The van der Waals surface area contributed by atoms with E-state index in [9.17, 15) is 13.2 Å². The molecular formula is C18H29N3O3S. The summed E-state index contributed by atoms with van der Waals surface area (Å²) in [5, 5.41) is 0. The summed E-state index contributed by atoms with van der Waals surface area (Å²) in [6.45, 7) is 5.80. The van der Waals surface area contributed by atoms with Gasteiger partial charge in [0.2, 0.25) is 10.0 Å². The Hall–Kier alpha value is -1.34. The predicted molar refractivity (Wildman–Crippen MR) is 97.1 cm³/mol. The van der Waals surface area contributed by atoms with E-state index >= 15 is 0 Å². The number of likely N-dealkylation sites (tertiary alicyclic amines) is 1. The summed E-state index contributed by atoms with van der Waals surface area (Å²) in [7, 11) is -1.72. The molecule has 0 aliphatic carbocycles. The number of piperidine rings is 1. The highest BCUT2D eigenvalue weighted by Crippen LogP contribution is 2.28. The first-order valence-electron chi connectivity index (χ1n) is 9.35. The monoisotopic (exact) mass is 367 g/mol. The third-order valence-electron chi connectivity index (χ3n) is 5.75. The van der Waals surface area contributed by atoms with E-state index in [0.29, 0.717) is 24.5 Å². The third kappa shape index (κ3) is 3.24. The fourth-order valence-corrected chi connectivity index (χ4v) is 5.83. The van der Waals surface area contributed by atoms with Crippen LogP contribution in [-0.2, 0) is 17.1 Å². The van der Waals surface area contributed by atoms with Crippen molar-refractivity contribution in [3.8, 4) is 0 Å². The van der Waals surface area contributed by atoms with Crippen molar-refractivity contribution in [3.05, 3.63) is 17.5 Å². The molecule has 2 saturated heterocycles. The van der Waals surface area contributed by atoms with Crippen LogP contribution in [0.1, 0.15) is 61.6 Å². The lowest BCUT2D eigenvalue weighted by molar-refractivity contribution is 0.0598. The average Bonchev–Trinajstić information content (AvgIpc) is 3.25. The molecule has 0 bridgehead atoms. The molecule has 1 aromatic heterocycles. The molecule has 7 heteroatoms. The Morgan fingerprint density at radius 3 is 2.44 bits per heavy atom. The van der Waals surface area contributed by atoms with Crippen molar-refractivity contribution in [2.24, 2.45) is 7.05 Å². The Balaban J connectivity index is 1.94. The van der Waals surface area contributed by atoms with Crippen molar-refractivity contribution in [3.63, 3.8) is 0 Å². The minimum atomic E-state index is -3.51. The lowest BCUT2D eigenvalue weighted by Crippen LogP contribution is -2.44. The maximum Gasteiger partial charge on any atom is 0.270 e. The van der Waals surface area contributed by atoms with Crippen molar-refractivity contribution in [2.75, 3.05) is 19.6 Å². The van der Waals surface area contributed by atoms with Gasteiger partial charge in [0.15, 0.2) is 0 Å². The van der Waals surface area contributed by atoms with Crippen molar-refractivity contribution < 1.29 is 13.2 Å². The topological polar surface area (TPSA) is 62.6 Å².